The second kappa shape index (κ2) is 8.29. The fourth-order valence-electron chi connectivity index (χ4n) is 2.64. The second-order valence-corrected chi connectivity index (χ2v) is 8.56. The summed E-state index contributed by atoms with van der Waals surface area (Å²) in [5, 5.41) is 3.05. The maximum absolute atomic E-state index is 12.8. The van der Waals surface area contributed by atoms with Crippen LogP contribution in [0.5, 0.6) is 5.75 Å². The van der Waals surface area contributed by atoms with Crippen LogP contribution in [0.1, 0.15) is 18.4 Å². The Bertz CT molecular complexity index is 915. The van der Waals surface area contributed by atoms with Gasteiger partial charge in [-0.15, -0.1) is 0 Å². The van der Waals surface area contributed by atoms with E-state index in [-0.39, 0.29) is 28.3 Å². The lowest BCUT2D eigenvalue weighted by Crippen LogP contribution is -2.48. The van der Waals surface area contributed by atoms with Crippen molar-refractivity contribution in [1.29, 1.82) is 0 Å². The molecule has 0 spiro atoms. The van der Waals surface area contributed by atoms with Gasteiger partial charge in [-0.1, -0.05) is 41.9 Å². The van der Waals surface area contributed by atoms with Crippen LogP contribution in [0.2, 0.25) is 5.02 Å². The molecule has 2 aromatic carbocycles. The SMILES string of the molecule is COc1ccc(S(=O)(=O)NC(Cc2ccccc2)C(=O)NC2CC2)cc1Cl. The van der Waals surface area contributed by atoms with Crippen molar-refractivity contribution in [2.45, 2.75) is 36.2 Å². The first kappa shape index (κ1) is 19.7. The molecule has 1 aliphatic rings. The molecule has 144 valence electrons. The molecule has 0 heterocycles. The van der Waals surface area contributed by atoms with Crippen LogP contribution in [-0.2, 0) is 21.2 Å². The zero-order valence-corrected chi connectivity index (χ0v) is 16.4. The lowest BCUT2D eigenvalue weighted by molar-refractivity contribution is -0.122. The van der Waals surface area contributed by atoms with E-state index in [4.69, 9.17) is 16.3 Å². The second-order valence-electron chi connectivity index (χ2n) is 6.44. The Kier molecular flexibility index (Phi) is 6.04. The number of methoxy groups -OCH3 is 1. The van der Waals surface area contributed by atoms with Gasteiger partial charge in [0.15, 0.2) is 0 Å². The van der Waals surface area contributed by atoms with Crippen LogP contribution in [0.3, 0.4) is 0 Å². The summed E-state index contributed by atoms with van der Waals surface area (Å²) in [5.74, 6) is 0.0486. The van der Waals surface area contributed by atoms with Crippen molar-refractivity contribution >= 4 is 27.5 Å². The van der Waals surface area contributed by atoms with E-state index in [0.717, 1.165) is 18.4 Å². The molecule has 1 unspecified atom stereocenters. The summed E-state index contributed by atoms with van der Waals surface area (Å²) in [7, 11) is -2.49. The molecular weight excluding hydrogens is 388 g/mol. The number of carbonyl (C=O) groups is 1. The Labute approximate surface area is 163 Å². The van der Waals surface area contributed by atoms with Crippen molar-refractivity contribution in [1.82, 2.24) is 10.0 Å². The van der Waals surface area contributed by atoms with Gasteiger partial charge in [0.05, 0.1) is 17.0 Å². The molecule has 8 heteroatoms. The standard InChI is InChI=1S/C19H21ClN2O4S/c1-26-18-10-9-15(12-16(18)20)27(24,25)22-17(19(23)21-14-7-8-14)11-13-5-3-2-4-6-13/h2-6,9-10,12,14,17,22H,7-8,11H2,1H3,(H,21,23). The van der Waals surface area contributed by atoms with Gasteiger partial charge in [0.1, 0.15) is 11.8 Å². The van der Waals surface area contributed by atoms with Crippen LogP contribution in [0, 0.1) is 0 Å². The molecule has 1 aliphatic carbocycles. The van der Waals surface area contributed by atoms with E-state index >= 15 is 0 Å². The molecule has 6 nitrogen and oxygen atoms in total. The van der Waals surface area contributed by atoms with E-state index in [2.05, 4.69) is 10.0 Å². The summed E-state index contributed by atoms with van der Waals surface area (Å²) in [4.78, 5) is 12.6. The molecule has 27 heavy (non-hydrogen) atoms. The molecule has 2 N–H and O–H groups in total. The first-order valence-electron chi connectivity index (χ1n) is 8.59. The fraction of sp³-hybridized carbons (Fsp3) is 0.316. The number of amides is 1. The Balaban J connectivity index is 1.82. The zero-order chi connectivity index (χ0) is 19.4. The molecule has 1 saturated carbocycles. The Morgan fingerprint density at radius 1 is 1.22 bits per heavy atom. The number of halogens is 1. The number of ether oxygens (including phenoxy) is 1. The van der Waals surface area contributed by atoms with Crippen molar-refractivity contribution in [2.75, 3.05) is 7.11 Å². The molecule has 0 radical (unpaired) electrons. The van der Waals surface area contributed by atoms with E-state index < -0.39 is 16.1 Å². The number of nitrogens with one attached hydrogen (secondary N) is 2. The van der Waals surface area contributed by atoms with Crippen LogP contribution < -0.4 is 14.8 Å². The number of rotatable bonds is 8. The molecule has 1 atom stereocenters. The number of hydrogen-bond acceptors (Lipinski definition) is 4. The molecule has 2 aromatic rings. The fourth-order valence-corrected chi connectivity index (χ4v) is 4.18. The van der Waals surface area contributed by atoms with Gasteiger partial charge in [0, 0.05) is 6.04 Å². The first-order chi connectivity index (χ1) is 12.9. The van der Waals surface area contributed by atoms with E-state index in [1.165, 1.54) is 25.3 Å². The molecule has 0 aliphatic heterocycles. The summed E-state index contributed by atoms with van der Waals surface area (Å²) >= 11 is 6.05. The molecular formula is C19H21ClN2O4S. The monoisotopic (exact) mass is 408 g/mol. The topological polar surface area (TPSA) is 84.5 Å². The van der Waals surface area contributed by atoms with Crippen molar-refractivity contribution in [3.63, 3.8) is 0 Å². The normalized spacial score (nSPS) is 15.2. The van der Waals surface area contributed by atoms with Crippen LogP contribution in [0.15, 0.2) is 53.4 Å². The number of hydrogen-bond donors (Lipinski definition) is 2. The lowest BCUT2D eigenvalue weighted by atomic mass is 10.1. The van der Waals surface area contributed by atoms with Gasteiger partial charge < -0.3 is 10.1 Å². The summed E-state index contributed by atoms with van der Waals surface area (Å²) in [6.45, 7) is 0. The highest BCUT2D eigenvalue weighted by Gasteiger charge is 2.31. The Morgan fingerprint density at radius 3 is 2.52 bits per heavy atom. The van der Waals surface area contributed by atoms with E-state index in [9.17, 15) is 13.2 Å². The molecule has 0 saturated heterocycles. The van der Waals surface area contributed by atoms with E-state index in [0.29, 0.717) is 5.75 Å². The highest BCUT2D eigenvalue weighted by molar-refractivity contribution is 7.89. The molecule has 0 bridgehead atoms. The minimum atomic E-state index is -3.94. The van der Waals surface area contributed by atoms with Crippen LogP contribution in [-0.4, -0.2) is 33.5 Å². The minimum absolute atomic E-state index is 0.0226. The van der Waals surface area contributed by atoms with Crippen LogP contribution >= 0.6 is 11.6 Å². The largest absolute Gasteiger partial charge is 0.495 e. The van der Waals surface area contributed by atoms with Gasteiger partial charge in [-0.3, -0.25) is 4.79 Å². The molecule has 0 aromatic heterocycles. The van der Waals surface area contributed by atoms with E-state index in [1.54, 1.807) is 0 Å². The van der Waals surface area contributed by atoms with Gasteiger partial charge in [-0.25, -0.2) is 8.42 Å². The quantitative estimate of drug-likeness (QED) is 0.702. The Hall–Kier alpha value is -2.09. The van der Waals surface area contributed by atoms with Gasteiger partial charge in [-0.05, 0) is 43.0 Å². The average molecular weight is 409 g/mol. The van der Waals surface area contributed by atoms with Crippen LogP contribution in [0.25, 0.3) is 0 Å². The predicted octanol–water partition coefficient (Wildman–Crippen LogP) is 2.52. The summed E-state index contributed by atoms with van der Waals surface area (Å²) in [6, 6.07) is 12.7. The summed E-state index contributed by atoms with van der Waals surface area (Å²) in [6.07, 6.45) is 2.10. The smallest absolute Gasteiger partial charge is 0.241 e. The third-order valence-corrected chi connectivity index (χ3v) is 6.02. The maximum atomic E-state index is 12.8. The highest BCUT2D eigenvalue weighted by Crippen LogP contribution is 2.27. The Morgan fingerprint density at radius 2 is 1.93 bits per heavy atom. The first-order valence-corrected chi connectivity index (χ1v) is 10.5. The van der Waals surface area contributed by atoms with E-state index in [1.807, 2.05) is 30.3 Å². The number of benzene rings is 2. The zero-order valence-electron chi connectivity index (χ0n) is 14.8. The summed E-state index contributed by atoms with van der Waals surface area (Å²) < 4.78 is 33.2. The molecule has 1 amide bonds. The predicted molar refractivity (Wildman–Crippen MR) is 103 cm³/mol. The third kappa shape index (κ3) is 5.22. The van der Waals surface area contributed by atoms with Gasteiger partial charge in [-0.2, -0.15) is 4.72 Å². The molecule has 1 fully saturated rings. The number of carbonyl (C=O) groups excluding carboxylic acids is 1. The summed E-state index contributed by atoms with van der Waals surface area (Å²) in [5.41, 5.74) is 0.865. The van der Waals surface area contributed by atoms with Gasteiger partial charge >= 0.3 is 0 Å². The minimum Gasteiger partial charge on any atom is -0.495 e. The van der Waals surface area contributed by atoms with Crippen molar-refractivity contribution in [2.24, 2.45) is 0 Å². The van der Waals surface area contributed by atoms with Crippen LogP contribution in [0.4, 0.5) is 0 Å². The van der Waals surface area contributed by atoms with Crippen molar-refractivity contribution < 1.29 is 17.9 Å². The van der Waals surface area contributed by atoms with Gasteiger partial charge in [0.25, 0.3) is 0 Å². The maximum Gasteiger partial charge on any atom is 0.241 e. The van der Waals surface area contributed by atoms with Crippen molar-refractivity contribution in [3.8, 4) is 5.75 Å². The third-order valence-electron chi connectivity index (χ3n) is 4.25. The average Bonchev–Trinajstić information content (AvgIpc) is 3.45. The highest BCUT2D eigenvalue weighted by atomic mass is 35.5. The lowest BCUT2D eigenvalue weighted by Gasteiger charge is -2.19. The van der Waals surface area contributed by atoms with Gasteiger partial charge in [0.2, 0.25) is 15.9 Å². The molecule has 3 rings (SSSR count). The van der Waals surface area contributed by atoms with Crippen molar-refractivity contribution in [3.05, 3.63) is 59.1 Å². The number of sulfonamides is 1.